The summed E-state index contributed by atoms with van der Waals surface area (Å²) in [5.41, 5.74) is 1.81. The molecule has 1 N–H and O–H groups in total. The molecule has 4 heteroatoms. The number of para-hydroxylation sites is 1. The number of rotatable bonds is 10. The molecule has 1 amide bonds. The molecule has 1 aromatic rings. The molecule has 4 fully saturated rings. The lowest BCUT2D eigenvalue weighted by atomic mass is 9.44. The highest BCUT2D eigenvalue weighted by atomic mass is 16.6. The first kappa shape index (κ1) is 29.9. The maximum Gasteiger partial charge on any atom is 0.411 e. The van der Waals surface area contributed by atoms with Crippen molar-refractivity contribution < 1.29 is 14.3 Å². The number of carbonyl (C=O) groups excluding carboxylic acids is 1. The van der Waals surface area contributed by atoms with Crippen molar-refractivity contribution >= 4 is 11.8 Å². The Labute approximate surface area is 244 Å². The molecule has 40 heavy (non-hydrogen) atoms. The standard InChI is InChI=1S/C36H57NO3/c1-25(2)10-9-11-26(3)31-16-17-32-30-15-14-27-24-29(18-20-35(27,4)33(30)19-21-36(31,32)5)39-22-23-40-34(38)37-28-12-7-6-8-13-28/h6-8,12-13,25-27,29-33H,9-11,14-24H2,1-5H3,(H,37,38)/t26-,27+,29+,30+,31-,32+,33+,35+,36-/m1/s1. The minimum Gasteiger partial charge on any atom is -0.447 e. The van der Waals surface area contributed by atoms with Crippen LogP contribution in [0, 0.1) is 52.3 Å². The fourth-order valence-corrected chi connectivity index (χ4v) is 10.4. The van der Waals surface area contributed by atoms with Crippen LogP contribution in [0.1, 0.15) is 112 Å². The zero-order valence-electron chi connectivity index (χ0n) is 26.1. The van der Waals surface area contributed by atoms with Gasteiger partial charge in [0, 0.05) is 5.69 Å². The maximum absolute atomic E-state index is 12.1. The highest BCUT2D eigenvalue weighted by Gasteiger charge is 2.60. The van der Waals surface area contributed by atoms with E-state index in [9.17, 15) is 4.79 Å². The Bertz CT molecular complexity index is 964. The minimum atomic E-state index is -0.409. The van der Waals surface area contributed by atoms with Crippen LogP contribution in [0.15, 0.2) is 30.3 Å². The smallest absolute Gasteiger partial charge is 0.411 e. The van der Waals surface area contributed by atoms with Gasteiger partial charge in [-0.2, -0.15) is 0 Å². The summed E-state index contributed by atoms with van der Waals surface area (Å²) in [5.74, 6) is 6.26. The summed E-state index contributed by atoms with van der Waals surface area (Å²) >= 11 is 0. The zero-order chi connectivity index (χ0) is 28.3. The van der Waals surface area contributed by atoms with Crippen molar-refractivity contribution in [2.24, 2.45) is 52.3 Å². The van der Waals surface area contributed by atoms with E-state index in [1.807, 2.05) is 30.3 Å². The number of hydrogen-bond acceptors (Lipinski definition) is 3. The first-order valence-electron chi connectivity index (χ1n) is 16.8. The number of carbonyl (C=O) groups is 1. The van der Waals surface area contributed by atoms with Crippen molar-refractivity contribution in [3.05, 3.63) is 30.3 Å². The summed E-state index contributed by atoms with van der Waals surface area (Å²) in [5, 5.41) is 2.77. The van der Waals surface area contributed by atoms with Crippen LogP contribution in [-0.4, -0.2) is 25.4 Å². The topological polar surface area (TPSA) is 47.6 Å². The molecule has 224 valence electrons. The Balaban J connectivity index is 1.10. The molecule has 0 unspecified atom stereocenters. The number of amides is 1. The molecule has 0 saturated heterocycles. The zero-order valence-corrected chi connectivity index (χ0v) is 26.1. The number of fused-ring (bicyclic) bond motifs is 5. The molecule has 0 spiro atoms. The number of nitrogens with one attached hydrogen (secondary N) is 1. The molecular formula is C36H57NO3. The third-order valence-electron chi connectivity index (χ3n) is 12.5. The van der Waals surface area contributed by atoms with Crippen molar-refractivity contribution in [1.82, 2.24) is 0 Å². The summed E-state index contributed by atoms with van der Waals surface area (Å²) in [6.45, 7) is 13.5. The predicted molar refractivity (Wildman–Crippen MR) is 164 cm³/mol. The Hall–Kier alpha value is -1.55. The third kappa shape index (κ3) is 6.27. The quantitative estimate of drug-likeness (QED) is 0.294. The van der Waals surface area contributed by atoms with Crippen LogP contribution >= 0.6 is 0 Å². The molecule has 9 atom stereocenters. The van der Waals surface area contributed by atoms with Crippen LogP contribution in [0.25, 0.3) is 0 Å². The predicted octanol–water partition coefficient (Wildman–Crippen LogP) is 9.74. The number of ether oxygens (including phenoxy) is 2. The third-order valence-corrected chi connectivity index (χ3v) is 12.5. The molecule has 0 aliphatic heterocycles. The van der Waals surface area contributed by atoms with E-state index in [1.54, 1.807) is 0 Å². The van der Waals surface area contributed by atoms with Gasteiger partial charge in [-0.3, -0.25) is 5.32 Å². The largest absolute Gasteiger partial charge is 0.447 e. The van der Waals surface area contributed by atoms with Crippen molar-refractivity contribution in [3.63, 3.8) is 0 Å². The average Bonchev–Trinajstić information content (AvgIpc) is 3.29. The Morgan fingerprint density at radius 1 is 0.900 bits per heavy atom. The lowest BCUT2D eigenvalue weighted by molar-refractivity contribution is -0.138. The van der Waals surface area contributed by atoms with Gasteiger partial charge in [0.05, 0.1) is 12.7 Å². The van der Waals surface area contributed by atoms with Crippen LogP contribution in [0.2, 0.25) is 0 Å². The summed E-state index contributed by atoms with van der Waals surface area (Å²) in [6.07, 6.45) is 16.5. The molecule has 0 aromatic heterocycles. The molecule has 4 nitrogen and oxygen atoms in total. The lowest BCUT2D eigenvalue weighted by Gasteiger charge is -2.61. The average molecular weight is 552 g/mol. The Morgan fingerprint density at radius 2 is 1.65 bits per heavy atom. The van der Waals surface area contributed by atoms with E-state index in [1.165, 1.54) is 70.6 Å². The summed E-state index contributed by atoms with van der Waals surface area (Å²) in [6, 6.07) is 9.45. The summed E-state index contributed by atoms with van der Waals surface area (Å²) < 4.78 is 11.6. The first-order chi connectivity index (χ1) is 19.2. The Kier molecular flexibility index (Phi) is 9.54. The molecule has 4 saturated carbocycles. The van der Waals surface area contributed by atoms with Gasteiger partial charge < -0.3 is 9.47 Å². The van der Waals surface area contributed by atoms with Crippen LogP contribution in [0.4, 0.5) is 10.5 Å². The molecule has 4 aliphatic carbocycles. The van der Waals surface area contributed by atoms with Crippen molar-refractivity contribution in [3.8, 4) is 0 Å². The summed E-state index contributed by atoms with van der Waals surface area (Å²) in [4.78, 5) is 12.1. The molecule has 0 bridgehead atoms. The minimum absolute atomic E-state index is 0.305. The number of anilines is 1. The second-order valence-corrected chi connectivity index (χ2v) is 15.1. The maximum atomic E-state index is 12.1. The monoisotopic (exact) mass is 551 g/mol. The van der Waals surface area contributed by atoms with Crippen LogP contribution in [0.5, 0.6) is 0 Å². The fraction of sp³-hybridized carbons (Fsp3) is 0.806. The van der Waals surface area contributed by atoms with Crippen molar-refractivity contribution in [2.45, 2.75) is 118 Å². The second kappa shape index (κ2) is 12.8. The molecule has 0 heterocycles. The van der Waals surface area contributed by atoms with Gasteiger partial charge in [-0.1, -0.05) is 72.1 Å². The summed E-state index contributed by atoms with van der Waals surface area (Å²) in [7, 11) is 0. The SMILES string of the molecule is CC(C)CCC[C@@H](C)[C@H]1CC[C@H]2[C@@H]3CC[C@H]4C[C@@H](OCCOC(=O)Nc5ccccc5)CC[C@]4(C)[C@H]3CC[C@]12C. The fourth-order valence-electron chi connectivity index (χ4n) is 10.4. The van der Waals surface area contributed by atoms with E-state index in [2.05, 4.69) is 39.9 Å². The van der Waals surface area contributed by atoms with E-state index < -0.39 is 6.09 Å². The van der Waals surface area contributed by atoms with E-state index in [4.69, 9.17) is 9.47 Å². The number of benzene rings is 1. The Morgan fingerprint density at radius 3 is 2.42 bits per heavy atom. The van der Waals surface area contributed by atoms with Crippen LogP contribution in [-0.2, 0) is 9.47 Å². The van der Waals surface area contributed by atoms with E-state index >= 15 is 0 Å². The van der Waals surface area contributed by atoms with Gasteiger partial charge in [0.25, 0.3) is 0 Å². The van der Waals surface area contributed by atoms with E-state index in [0.29, 0.717) is 30.1 Å². The van der Waals surface area contributed by atoms with Gasteiger partial charge >= 0.3 is 6.09 Å². The van der Waals surface area contributed by atoms with Gasteiger partial charge in [0.15, 0.2) is 0 Å². The lowest BCUT2D eigenvalue weighted by Crippen LogP contribution is -2.54. The van der Waals surface area contributed by atoms with E-state index in [0.717, 1.165) is 53.5 Å². The highest BCUT2D eigenvalue weighted by molar-refractivity contribution is 5.84. The van der Waals surface area contributed by atoms with Crippen LogP contribution in [0.3, 0.4) is 0 Å². The van der Waals surface area contributed by atoms with Gasteiger partial charge in [-0.15, -0.1) is 0 Å². The highest BCUT2D eigenvalue weighted by Crippen LogP contribution is 2.68. The molecule has 0 radical (unpaired) electrons. The number of hydrogen-bond donors (Lipinski definition) is 1. The van der Waals surface area contributed by atoms with Gasteiger partial charge in [0.1, 0.15) is 6.61 Å². The molecule has 1 aromatic carbocycles. The normalized spacial score (nSPS) is 37.8. The van der Waals surface area contributed by atoms with Gasteiger partial charge in [0.2, 0.25) is 0 Å². The van der Waals surface area contributed by atoms with E-state index in [-0.39, 0.29) is 0 Å². The van der Waals surface area contributed by atoms with Crippen molar-refractivity contribution in [2.75, 3.05) is 18.5 Å². The molecular weight excluding hydrogens is 494 g/mol. The van der Waals surface area contributed by atoms with Crippen molar-refractivity contribution in [1.29, 1.82) is 0 Å². The van der Waals surface area contributed by atoms with Gasteiger partial charge in [-0.05, 0) is 122 Å². The van der Waals surface area contributed by atoms with Gasteiger partial charge in [-0.25, -0.2) is 4.79 Å². The second-order valence-electron chi connectivity index (χ2n) is 15.1. The first-order valence-corrected chi connectivity index (χ1v) is 16.8. The molecule has 5 rings (SSSR count). The van der Waals surface area contributed by atoms with Crippen LogP contribution < -0.4 is 5.32 Å². The molecule has 4 aliphatic rings.